The van der Waals surface area contributed by atoms with Gasteiger partial charge in [0.15, 0.2) is 6.29 Å². The van der Waals surface area contributed by atoms with Crippen LogP contribution in [0.5, 0.6) is 0 Å². The van der Waals surface area contributed by atoms with E-state index in [1.54, 1.807) is 0 Å². The highest BCUT2D eigenvalue weighted by Gasteiger charge is 2.19. The van der Waals surface area contributed by atoms with Crippen molar-refractivity contribution < 1.29 is 17.7 Å². The maximum Gasteiger partial charge on any atom is 0.266 e. The molecular formula is C20H42O4S. The summed E-state index contributed by atoms with van der Waals surface area (Å²) in [5.74, 6) is 2.16. The summed E-state index contributed by atoms with van der Waals surface area (Å²) in [5.41, 5.74) is 0. The standard InChI is InChI=1S/C20H42O4S/c1-16(2)10-7-11-17(3)12-8-13-18(4)14-9-15-19(5)20(21)24-25(6,22)23/h16-21H,7-15H2,1-6H3. The van der Waals surface area contributed by atoms with Crippen LogP contribution in [0, 0.1) is 23.7 Å². The predicted octanol–water partition coefficient (Wildman–Crippen LogP) is 5.36. The summed E-state index contributed by atoms with van der Waals surface area (Å²) in [4.78, 5) is 0. The van der Waals surface area contributed by atoms with E-state index in [4.69, 9.17) is 0 Å². The molecule has 0 rings (SSSR count). The Balaban J connectivity index is 3.74. The van der Waals surface area contributed by atoms with Gasteiger partial charge in [0.25, 0.3) is 10.1 Å². The van der Waals surface area contributed by atoms with Gasteiger partial charge in [0, 0.05) is 5.92 Å². The summed E-state index contributed by atoms with van der Waals surface area (Å²) in [6.07, 6.45) is 10.6. The monoisotopic (exact) mass is 378 g/mol. The van der Waals surface area contributed by atoms with Gasteiger partial charge in [0.1, 0.15) is 0 Å². The van der Waals surface area contributed by atoms with Crippen LogP contribution in [-0.4, -0.2) is 26.1 Å². The minimum atomic E-state index is -3.59. The molecular weight excluding hydrogens is 336 g/mol. The zero-order chi connectivity index (χ0) is 19.5. The highest BCUT2D eigenvalue weighted by atomic mass is 32.2. The molecule has 152 valence electrons. The van der Waals surface area contributed by atoms with E-state index in [0.29, 0.717) is 5.92 Å². The van der Waals surface area contributed by atoms with Crippen molar-refractivity contribution in [1.29, 1.82) is 0 Å². The zero-order valence-corrected chi connectivity index (χ0v) is 18.1. The second kappa shape index (κ2) is 13.1. The molecule has 0 amide bonds. The van der Waals surface area contributed by atoms with Crippen LogP contribution in [0.25, 0.3) is 0 Å². The van der Waals surface area contributed by atoms with Crippen LogP contribution in [0.2, 0.25) is 0 Å². The summed E-state index contributed by atoms with van der Waals surface area (Å²) >= 11 is 0. The summed E-state index contributed by atoms with van der Waals surface area (Å²) < 4.78 is 26.7. The van der Waals surface area contributed by atoms with E-state index in [1.165, 1.54) is 38.5 Å². The smallest absolute Gasteiger partial charge is 0.266 e. The molecule has 4 unspecified atom stereocenters. The largest absolute Gasteiger partial charge is 0.367 e. The Hall–Kier alpha value is -0.130. The first kappa shape index (κ1) is 24.9. The lowest BCUT2D eigenvalue weighted by atomic mass is 9.91. The molecule has 5 heteroatoms. The van der Waals surface area contributed by atoms with Crippen LogP contribution in [0.1, 0.15) is 92.4 Å². The van der Waals surface area contributed by atoms with Crippen molar-refractivity contribution in [2.75, 3.05) is 6.26 Å². The van der Waals surface area contributed by atoms with Gasteiger partial charge in [-0.25, -0.2) is 4.18 Å². The third-order valence-electron chi connectivity index (χ3n) is 4.99. The van der Waals surface area contributed by atoms with Crippen LogP contribution in [0.4, 0.5) is 0 Å². The highest BCUT2D eigenvalue weighted by molar-refractivity contribution is 7.86. The lowest BCUT2D eigenvalue weighted by Crippen LogP contribution is -2.24. The summed E-state index contributed by atoms with van der Waals surface area (Å²) in [6.45, 7) is 11.1. The van der Waals surface area contributed by atoms with E-state index in [9.17, 15) is 13.5 Å². The van der Waals surface area contributed by atoms with Gasteiger partial charge in [-0.05, 0) is 24.2 Å². The lowest BCUT2D eigenvalue weighted by Gasteiger charge is -2.19. The Bertz CT molecular complexity index is 419. The molecule has 4 nitrogen and oxygen atoms in total. The number of aliphatic hydroxyl groups excluding tert-OH is 1. The van der Waals surface area contributed by atoms with Crippen molar-refractivity contribution in [3.05, 3.63) is 0 Å². The molecule has 1 N–H and O–H groups in total. The molecule has 0 bridgehead atoms. The Labute approximate surface area is 156 Å². The zero-order valence-electron chi connectivity index (χ0n) is 17.3. The fourth-order valence-electron chi connectivity index (χ4n) is 3.18. The molecule has 0 aromatic carbocycles. The quantitative estimate of drug-likeness (QED) is 0.308. The van der Waals surface area contributed by atoms with E-state index in [1.807, 2.05) is 6.92 Å². The Morgan fingerprint density at radius 1 is 0.760 bits per heavy atom. The Morgan fingerprint density at radius 2 is 1.16 bits per heavy atom. The topological polar surface area (TPSA) is 63.6 Å². The molecule has 0 heterocycles. The number of hydrogen-bond donors (Lipinski definition) is 1. The fourth-order valence-corrected chi connectivity index (χ4v) is 3.73. The van der Waals surface area contributed by atoms with E-state index in [0.717, 1.165) is 37.4 Å². The maximum absolute atomic E-state index is 11.0. The number of hydrogen-bond acceptors (Lipinski definition) is 4. The van der Waals surface area contributed by atoms with Gasteiger partial charge in [0.05, 0.1) is 6.26 Å². The minimum Gasteiger partial charge on any atom is -0.367 e. The molecule has 0 spiro atoms. The van der Waals surface area contributed by atoms with E-state index < -0.39 is 16.4 Å². The first-order valence-electron chi connectivity index (χ1n) is 10.1. The molecule has 0 fully saturated rings. The molecule has 4 atom stereocenters. The number of aliphatic hydroxyl groups is 1. The average Bonchev–Trinajstić information content (AvgIpc) is 2.44. The maximum atomic E-state index is 11.0. The van der Waals surface area contributed by atoms with Gasteiger partial charge in [-0.15, -0.1) is 0 Å². The van der Waals surface area contributed by atoms with Crippen LogP contribution in [-0.2, 0) is 14.3 Å². The summed E-state index contributed by atoms with van der Waals surface area (Å²) in [5, 5.41) is 9.72. The van der Waals surface area contributed by atoms with E-state index >= 15 is 0 Å². The number of rotatable bonds is 15. The summed E-state index contributed by atoms with van der Waals surface area (Å²) in [7, 11) is -3.59. The van der Waals surface area contributed by atoms with Crippen molar-refractivity contribution in [3.8, 4) is 0 Å². The van der Waals surface area contributed by atoms with Crippen molar-refractivity contribution in [2.24, 2.45) is 23.7 Å². The van der Waals surface area contributed by atoms with Crippen molar-refractivity contribution in [3.63, 3.8) is 0 Å². The second-order valence-corrected chi connectivity index (χ2v) is 10.2. The normalized spacial score (nSPS) is 17.4. The highest BCUT2D eigenvalue weighted by Crippen LogP contribution is 2.23. The van der Waals surface area contributed by atoms with Gasteiger partial charge in [-0.2, -0.15) is 8.42 Å². The van der Waals surface area contributed by atoms with Gasteiger partial charge in [-0.3, -0.25) is 0 Å². The van der Waals surface area contributed by atoms with Crippen LogP contribution in [0.15, 0.2) is 0 Å². The SMILES string of the molecule is CC(C)CCCC(C)CCCC(C)CCCC(C)C(O)OS(C)(=O)=O. The van der Waals surface area contributed by atoms with Gasteiger partial charge >= 0.3 is 0 Å². The first-order valence-corrected chi connectivity index (χ1v) is 11.9. The lowest BCUT2D eigenvalue weighted by molar-refractivity contribution is -0.0545. The van der Waals surface area contributed by atoms with Crippen LogP contribution in [0.3, 0.4) is 0 Å². The molecule has 0 radical (unpaired) electrons. The minimum absolute atomic E-state index is 0.164. The third-order valence-corrected chi connectivity index (χ3v) is 5.54. The average molecular weight is 379 g/mol. The van der Waals surface area contributed by atoms with Crippen LogP contribution < -0.4 is 0 Å². The van der Waals surface area contributed by atoms with Crippen LogP contribution >= 0.6 is 0 Å². The molecule has 0 aromatic heterocycles. The Morgan fingerprint density at radius 3 is 1.56 bits per heavy atom. The third kappa shape index (κ3) is 15.8. The predicted molar refractivity (Wildman–Crippen MR) is 106 cm³/mol. The van der Waals surface area contributed by atoms with Crippen molar-refractivity contribution in [2.45, 2.75) is 98.7 Å². The molecule has 0 aromatic rings. The van der Waals surface area contributed by atoms with Gasteiger partial charge in [0.2, 0.25) is 0 Å². The Kier molecular flexibility index (Phi) is 13.0. The molecule has 0 saturated heterocycles. The van der Waals surface area contributed by atoms with Crippen molar-refractivity contribution >= 4 is 10.1 Å². The molecule has 0 saturated carbocycles. The molecule has 0 aliphatic rings. The fraction of sp³-hybridized carbons (Fsp3) is 1.00. The van der Waals surface area contributed by atoms with Crippen molar-refractivity contribution in [1.82, 2.24) is 0 Å². The summed E-state index contributed by atoms with van der Waals surface area (Å²) in [6, 6.07) is 0. The molecule has 25 heavy (non-hydrogen) atoms. The molecule has 0 aliphatic carbocycles. The van der Waals surface area contributed by atoms with Gasteiger partial charge < -0.3 is 5.11 Å². The molecule has 0 aliphatic heterocycles. The second-order valence-electron chi connectivity index (χ2n) is 8.57. The van der Waals surface area contributed by atoms with E-state index in [2.05, 4.69) is 31.9 Å². The first-order chi connectivity index (χ1) is 11.5. The van der Waals surface area contributed by atoms with Gasteiger partial charge in [-0.1, -0.05) is 86.0 Å². The van der Waals surface area contributed by atoms with E-state index in [-0.39, 0.29) is 5.92 Å².